The van der Waals surface area contributed by atoms with Crippen molar-refractivity contribution >= 4 is 39.3 Å². The molecule has 0 bridgehead atoms. The fourth-order valence-electron chi connectivity index (χ4n) is 3.44. The van der Waals surface area contributed by atoms with Crippen LogP contribution in [0.2, 0.25) is 0 Å². The summed E-state index contributed by atoms with van der Waals surface area (Å²) in [5.41, 5.74) is 6.99. The number of carbonyl (C=O) groups excluding carboxylic acids is 3. The van der Waals surface area contributed by atoms with Crippen LogP contribution in [0.15, 0.2) is 22.7 Å². The lowest BCUT2D eigenvalue weighted by Gasteiger charge is -2.33. The molecule has 3 amide bonds. The number of hydrogen-bond donors (Lipinski definition) is 1. The number of primary amides is 1. The molecule has 6 nitrogen and oxygen atoms in total. The van der Waals surface area contributed by atoms with Gasteiger partial charge in [0, 0.05) is 10.4 Å². The molecule has 0 saturated carbocycles. The molecule has 2 fully saturated rings. The number of piperidine rings is 1. The second kappa shape index (κ2) is 6.64. The van der Waals surface area contributed by atoms with Gasteiger partial charge >= 0.3 is 0 Å². The highest BCUT2D eigenvalue weighted by molar-refractivity contribution is 9.10. The van der Waals surface area contributed by atoms with E-state index in [0.717, 1.165) is 10.0 Å². The fourth-order valence-corrected chi connectivity index (χ4v) is 4.11. The van der Waals surface area contributed by atoms with Crippen molar-refractivity contribution in [2.24, 2.45) is 11.7 Å². The first-order chi connectivity index (χ1) is 11.4. The van der Waals surface area contributed by atoms with E-state index in [1.54, 1.807) is 6.07 Å². The third-order valence-electron chi connectivity index (χ3n) is 4.84. The van der Waals surface area contributed by atoms with Crippen molar-refractivity contribution in [3.8, 4) is 0 Å². The summed E-state index contributed by atoms with van der Waals surface area (Å²) >= 11 is 3.44. The Hall–Kier alpha value is -1.73. The van der Waals surface area contributed by atoms with E-state index in [0.29, 0.717) is 31.6 Å². The number of halogens is 1. The van der Waals surface area contributed by atoms with E-state index >= 15 is 0 Å². The number of imide groups is 1. The average Bonchev–Trinajstić information content (AvgIpc) is 2.83. The first-order valence-electron chi connectivity index (χ1n) is 8.05. The molecule has 1 aromatic carbocycles. The Balaban J connectivity index is 1.76. The third kappa shape index (κ3) is 3.10. The molecule has 24 heavy (non-hydrogen) atoms. The number of nitrogens with zero attached hydrogens (tertiary/aromatic N) is 2. The van der Waals surface area contributed by atoms with Crippen LogP contribution in [0.4, 0.5) is 5.69 Å². The summed E-state index contributed by atoms with van der Waals surface area (Å²) in [5.74, 6) is -0.793. The Morgan fingerprint density at radius 2 is 1.92 bits per heavy atom. The topological polar surface area (TPSA) is 83.7 Å². The molecular formula is C17H20BrN3O3. The molecule has 1 atom stereocenters. The van der Waals surface area contributed by atoms with Crippen LogP contribution in [0, 0.1) is 12.8 Å². The molecule has 1 unspecified atom stereocenters. The lowest BCUT2D eigenvalue weighted by atomic mass is 9.95. The molecule has 2 saturated heterocycles. The van der Waals surface area contributed by atoms with Crippen LogP contribution in [0.25, 0.3) is 0 Å². The van der Waals surface area contributed by atoms with Crippen LogP contribution in [0.5, 0.6) is 0 Å². The molecular weight excluding hydrogens is 374 g/mol. The van der Waals surface area contributed by atoms with Crippen molar-refractivity contribution in [3.05, 3.63) is 28.2 Å². The minimum atomic E-state index is -0.445. The molecule has 2 aliphatic rings. The Labute approximate surface area is 149 Å². The number of rotatable bonds is 3. The van der Waals surface area contributed by atoms with Gasteiger partial charge in [-0.25, -0.2) is 4.90 Å². The van der Waals surface area contributed by atoms with Gasteiger partial charge in [-0.15, -0.1) is 0 Å². The van der Waals surface area contributed by atoms with Gasteiger partial charge in [0.25, 0.3) is 5.91 Å². The van der Waals surface area contributed by atoms with Crippen molar-refractivity contribution in [2.75, 3.05) is 18.0 Å². The highest BCUT2D eigenvalue weighted by atomic mass is 79.9. The minimum absolute atomic E-state index is 0.129. The van der Waals surface area contributed by atoms with Gasteiger partial charge in [0.1, 0.15) is 0 Å². The van der Waals surface area contributed by atoms with E-state index in [1.165, 1.54) is 4.90 Å². The first-order valence-corrected chi connectivity index (χ1v) is 8.84. The van der Waals surface area contributed by atoms with Crippen molar-refractivity contribution in [1.82, 2.24) is 4.90 Å². The van der Waals surface area contributed by atoms with E-state index in [2.05, 4.69) is 15.9 Å². The zero-order valence-electron chi connectivity index (χ0n) is 13.5. The molecule has 0 aromatic heterocycles. The van der Waals surface area contributed by atoms with Crippen LogP contribution in [0.1, 0.15) is 24.8 Å². The molecule has 0 spiro atoms. The summed E-state index contributed by atoms with van der Waals surface area (Å²) in [5, 5.41) is 0. The molecule has 128 valence electrons. The molecule has 2 N–H and O–H groups in total. The summed E-state index contributed by atoms with van der Waals surface area (Å²) in [6.07, 6.45) is 1.46. The number of anilines is 1. The van der Waals surface area contributed by atoms with Gasteiger partial charge in [-0.05, 0) is 66.5 Å². The standard InChI is InChI=1S/C17H20BrN3O3/c1-10-2-3-13(12(18)8-10)21-15(22)9-14(17(21)24)20-6-4-11(5-7-20)16(19)23/h2-3,8,11,14H,4-7,9H2,1H3,(H2,19,23). The van der Waals surface area contributed by atoms with E-state index < -0.39 is 6.04 Å². The predicted molar refractivity (Wildman–Crippen MR) is 93.3 cm³/mol. The Bertz CT molecular complexity index is 698. The number of nitrogens with two attached hydrogens (primary N) is 1. The summed E-state index contributed by atoms with van der Waals surface area (Å²) in [6, 6.07) is 5.12. The van der Waals surface area contributed by atoms with Crippen LogP contribution in [-0.2, 0) is 14.4 Å². The summed E-state index contributed by atoms with van der Waals surface area (Å²) < 4.78 is 0.734. The maximum atomic E-state index is 12.8. The quantitative estimate of drug-likeness (QED) is 0.790. The maximum absolute atomic E-state index is 12.8. The fraction of sp³-hybridized carbons (Fsp3) is 0.471. The first kappa shape index (κ1) is 17.1. The second-order valence-corrected chi connectivity index (χ2v) is 7.31. The van der Waals surface area contributed by atoms with Crippen LogP contribution >= 0.6 is 15.9 Å². The summed E-state index contributed by atoms with van der Waals surface area (Å²) in [6.45, 7) is 3.17. The smallest absolute Gasteiger partial charge is 0.251 e. The van der Waals surface area contributed by atoms with Crippen LogP contribution < -0.4 is 10.6 Å². The van der Waals surface area contributed by atoms with Gasteiger partial charge in [0.05, 0.1) is 18.2 Å². The van der Waals surface area contributed by atoms with Gasteiger partial charge in [-0.1, -0.05) is 6.07 Å². The molecule has 2 heterocycles. The summed E-state index contributed by atoms with van der Waals surface area (Å²) in [7, 11) is 0. The number of carbonyl (C=O) groups is 3. The minimum Gasteiger partial charge on any atom is -0.369 e. The zero-order chi connectivity index (χ0) is 17.4. The van der Waals surface area contributed by atoms with Gasteiger partial charge in [-0.3, -0.25) is 19.3 Å². The molecule has 0 radical (unpaired) electrons. The molecule has 1 aromatic rings. The Kier molecular flexibility index (Phi) is 4.73. The number of aryl methyl sites for hydroxylation is 1. The van der Waals surface area contributed by atoms with Gasteiger partial charge in [-0.2, -0.15) is 0 Å². The normalized spacial score (nSPS) is 23.1. The highest BCUT2D eigenvalue weighted by Crippen LogP contribution is 2.33. The lowest BCUT2D eigenvalue weighted by molar-refractivity contribution is -0.124. The SMILES string of the molecule is Cc1ccc(N2C(=O)CC(N3CCC(C(N)=O)CC3)C2=O)c(Br)c1. The van der Waals surface area contributed by atoms with Gasteiger partial charge in [0.15, 0.2) is 0 Å². The average molecular weight is 394 g/mol. The molecule has 7 heteroatoms. The number of hydrogen-bond acceptors (Lipinski definition) is 4. The maximum Gasteiger partial charge on any atom is 0.251 e. The van der Waals surface area contributed by atoms with E-state index in [9.17, 15) is 14.4 Å². The Morgan fingerprint density at radius 3 is 2.50 bits per heavy atom. The van der Waals surface area contributed by atoms with E-state index in [4.69, 9.17) is 5.73 Å². The highest BCUT2D eigenvalue weighted by Gasteiger charge is 2.44. The summed E-state index contributed by atoms with van der Waals surface area (Å²) in [4.78, 5) is 39.8. The van der Waals surface area contributed by atoms with Crippen molar-refractivity contribution in [3.63, 3.8) is 0 Å². The monoisotopic (exact) mass is 393 g/mol. The predicted octanol–water partition coefficient (Wildman–Crippen LogP) is 1.59. The number of benzene rings is 1. The Morgan fingerprint density at radius 1 is 1.25 bits per heavy atom. The number of amides is 3. The largest absolute Gasteiger partial charge is 0.369 e. The van der Waals surface area contributed by atoms with E-state index in [1.807, 2.05) is 24.0 Å². The molecule has 0 aliphatic carbocycles. The number of likely N-dealkylation sites (tertiary alicyclic amines) is 1. The van der Waals surface area contributed by atoms with E-state index in [-0.39, 0.29) is 30.1 Å². The molecule has 3 rings (SSSR count). The van der Waals surface area contributed by atoms with Crippen molar-refractivity contribution in [1.29, 1.82) is 0 Å². The van der Waals surface area contributed by atoms with Crippen molar-refractivity contribution < 1.29 is 14.4 Å². The third-order valence-corrected chi connectivity index (χ3v) is 5.47. The lowest BCUT2D eigenvalue weighted by Crippen LogP contribution is -2.47. The zero-order valence-corrected chi connectivity index (χ0v) is 15.1. The van der Waals surface area contributed by atoms with Gasteiger partial charge < -0.3 is 5.73 Å². The van der Waals surface area contributed by atoms with Crippen LogP contribution in [0.3, 0.4) is 0 Å². The van der Waals surface area contributed by atoms with Gasteiger partial charge in [0.2, 0.25) is 11.8 Å². The molecule has 2 aliphatic heterocycles. The second-order valence-electron chi connectivity index (χ2n) is 6.45. The van der Waals surface area contributed by atoms with Crippen LogP contribution in [-0.4, -0.2) is 41.8 Å². The van der Waals surface area contributed by atoms with Crippen molar-refractivity contribution in [2.45, 2.75) is 32.2 Å².